The van der Waals surface area contributed by atoms with Crippen LogP contribution >= 0.6 is 0 Å². The molecule has 0 amide bonds. The smallest absolute Gasteiger partial charge is 0.198 e. The molecule has 0 spiro atoms. The molecule has 0 radical (unpaired) electrons. The highest BCUT2D eigenvalue weighted by molar-refractivity contribution is 6.31. The number of fused-ring (bicyclic) bond motifs is 3. The zero-order chi connectivity index (χ0) is 24.8. The Labute approximate surface area is 195 Å². The average molecular weight is 470 g/mol. The zero-order valence-electron chi connectivity index (χ0n) is 18.7. The van der Waals surface area contributed by atoms with Gasteiger partial charge in [0.25, 0.3) is 0 Å². The number of aromatic hydroxyl groups is 1. The lowest BCUT2D eigenvalue weighted by molar-refractivity contribution is -0.183. The number of aliphatic hydroxyl groups is 4. The van der Waals surface area contributed by atoms with E-state index in [0.717, 1.165) is 12.2 Å². The Bertz CT molecular complexity index is 1210. The van der Waals surface area contributed by atoms with Crippen molar-refractivity contribution in [1.29, 1.82) is 0 Å². The van der Waals surface area contributed by atoms with Crippen LogP contribution in [0.25, 0.3) is 0 Å². The van der Waals surface area contributed by atoms with E-state index in [1.54, 1.807) is 6.92 Å². The number of hydrogen-bond acceptors (Lipinski definition) is 9. The Balaban J connectivity index is 1.62. The van der Waals surface area contributed by atoms with Crippen LogP contribution < -0.4 is 0 Å². The summed E-state index contributed by atoms with van der Waals surface area (Å²) in [6, 6.07) is 2.78. The topological polar surface area (TPSA) is 162 Å². The number of ether oxygens (including phenoxy) is 1. The number of rotatable bonds is 1. The Kier molecular flexibility index (Phi) is 4.86. The molecule has 1 saturated heterocycles. The van der Waals surface area contributed by atoms with Crippen LogP contribution in [0.1, 0.15) is 71.9 Å². The Morgan fingerprint density at radius 1 is 1.06 bits per heavy atom. The van der Waals surface area contributed by atoms with Crippen molar-refractivity contribution in [2.45, 2.75) is 74.6 Å². The van der Waals surface area contributed by atoms with Crippen LogP contribution in [0.5, 0.6) is 5.75 Å². The quantitative estimate of drug-likeness (QED) is 0.400. The van der Waals surface area contributed by atoms with Gasteiger partial charge in [0.05, 0.1) is 35.0 Å². The van der Waals surface area contributed by atoms with Crippen molar-refractivity contribution in [3.8, 4) is 5.75 Å². The predicted molar refractivity (Wildman–Crippen MR) is 116 cm³/mol. The fourth-order valence-corrected chi connectivity index (χ4v) is 5.76. The first kappa shape index (κ1) is 23.1. The van der Waals surface area contributed by atoms with Crippen LogP contribution in [0.2, 0.25) is 0 Å². The lowest BCUT2D eigenvalue weighted by atomic mass is 9.57. The summed E-state index contributed by atoms with van der Waals surface area (Å²) < 4.78 is 5.79. The van der Waals surface area contributed by atoms with Gasteiger partial charge in [-0.3, -0.25) is 14.4 Å². The first-order chi connectivity index (χ1) is 15.8. The average Bonchev–Trinajstić information content (AvgIpc) is 2.74. The number of allylic oxidation sites excluding steroid dienone is 2. The second-order valence-corrected chi connectivity index (χ2v) is 10.1. The number of ketones is 3. The highest BCUT2D eigenvalue weighted by atomic mass is 16.5. The second-order valence-electron chi connectivity index (χ2n) is 10.1. The first-order valence-electron chi connectivity index (χ1n) is 11.2. The van der Waals surface area contributed by atoms with Gasteiger partial charge in [0, 0.05) is 29.5 Å². The number of phenols is 1. The fourth-order valence-electron chi connectivity index (χ4n) is 5.76. The molecule has 6 atom stereocenters. The van der Waals surface area contributed by atoms with Crippen molar-refractivity contribution < 1.29 is 44.7 Å². The summed E-state index contributed by atoms with van der Waals surface area (Å²) >= 11 is 0. The van der Waals surface area contributed by atoms with E-state index < -0.39 is 76.6 Å². The van der Waals surface area contributed by atoms with Crippen LogP contribution in [0.3, 0.4) is 0 Å². The molecule has 1 aromatic rings. The number of aliphatic hydroxyl groups excluding tert-OH is 1. The molecule has 9 nitrogen and oxygen atoms in total. The maximum absolute atomic E-state index is 13.5. The minimum absolute atomic E-state index is 0.204. The summed E-state index contributed by atoms with van der Waals surface area (Å²) in [5.41, 5.74) is -7.62. The van der Waals surface area contributed by atoms with Crippen LogP contribution in [-0.2, 0) is 9.53 Å². The molecule has 1 aromatic carbocycles. The van der Waals surface area contributed by atoms with E-state index in [2.05, 4.69) is 0 Å². The molecule has 1 aliphatic heterocycles. The van der Waals surface area contributed by atoms with Crippen molar-refractivity contribution in [3.63, 3.8) is 0 Å². The van der Waals surface area contributed by atoms with Gasteiger partial charge in [0.1, 0.15) is 11.4 Å². The SMILES string of the molecule is CC1OC(c2ccc3c(c2O)C(=O)C2=C(C3=O)[C@]3(O)C(=O)C[C@@](C)(O)C[C@@]3(O)C=C2)CCC1O. The number of phenolic OH excluding ortho intramolecular Hbond substituents is 1. The molecule has 3 aliphatic carbocycles. The number of carbonyl (C=O) groups is 3. The maximum atomic E-state index is 13.5. The van der Waals surface area contributed by atoms with Crippen molar-refractivity contribution in [2.75, 3.05) is 0 Å². The maximum Gasteiger partial charge on any atom is 0.198 e. The summed E-state index contributed by atoms with van der Waals surface area (Å²) in [6.07, 6.45) is 0.386. The number of benzene rings is 1. The summed E-state index contributed by atoms with van der Waals surface area (Å²) in [5.74, 6) is -3.04. The molecule has 180 valence electrons. The minimum atomic E-state index is -2.71. The third-order valence-corrected chi connectivity index (χ3v) is 7.52. The van der Waals surface area contributed by atoms with Gasteiger partial charge in [-0.05, 0) is 38.8 Å². The molecule has 1 saturated carbocycles. The van der Waals surface area contributed by atoms with E-state index in [0.29, 0.717) is 18.4 Å². The summed E-state index contributed by atoms with van der Waals surface area (Å²) in [4.78, 5) is 40.0. The highest BCUT2D eigenvalue weighted by Gasteiger charge is 2.66. The minimum Gasteiger partial charge on any atom is -0.507 e. The molecule has 0 aromatic heterocycles. The van der Waals surface area contributed by atoms with E-state index in [4.69, 9.17) is 4.74 Å². The van der Waals surface area contributed by atoms with Gasteiger partial charge in [-0.2, -0.15) is 0 Å². The third-order valence-electron chi connectivity index (χ3n) is 7.52. The van der Waals surface area contributed by atoms with E-state index in [9.17, 15) is 39.9 Å². The molecule has 0 bridgehead atoms. The predicted octanol–water partition coefficient (Wildman–Crippen LogP) is 0.815. The lowest BCUT2D eigenvalue weighted by Gasteiger charge is -2.51. The van der Waals surface area contributed by atoms with Crippen molar-refractivity contribution in [3.05, 3.63) is 52.1 Å². The standard InChI is InChI=1S/C25H26O9/c1-11-15(26)5-6-16(34-11)12-3-4-13-18(20(12)28)21(29)14-7-8-24(32)10-23(2,31)9-17(27)25(24,33)19(14)22(13)30/h3-4,7-8,11,15-16,26,28,31-33H,5-6,9-10H2,1-2H3/t11?,15?,16?,23-,24+,25-/m1/s1. The molecule has 5 N–H and O–H groups in total. The van der Waals surface area contributed by atoms with E-state index in [1.807, 2.05) is 0 Å². The summed E-state index contributed by atoms with van der Waals surface area (Å²) in [6.45, 7) is 3.04. The van der Waals surface area contributed by atoms with Gasteiger partial charge in [0.15, 0.2) is 23.0 Å². The first-order valence-corrected chi connectivity index (χ1v) is 11.2. The van der Waals surface area contributed by atoms with E-state index in [-0.39, 0.29) is 16.7 Å². The largest absolute Gasteiger partial charge is 0.507 e. The van der Waals surface area contributed by atoms with Crippen molar-refractivity contribution in [2.24, 2.45) is 0 Å². The van der Waals surface area contributed by atoms with Crippen LogP contribution in [0, 0.1) is 0 Å². The monoisotopic (exact) mass is 470 g/mol. The van der Waals surface area contributed by atoms with Crippen LogP contribution in [0.15, 0.2) is 35.4 Å². The molecule has 5 rings (SSSR count). The Morgan fingerprint density at radius 3 is 2.44 bits per heavy atom. The molecule has 2 fully saturated rings. The molecule has 1 heterocycles. The fraction of sp³-hybridized carbons (Fsp3) is 0.480. The highest BCUT2D eigenvalue weighted by Crippen LogP contribution is 2.51. The van der Waals surface area contributed by atoms with Crippen molar-refractivity contribution >= 4 is 17.3 Å². The molecule has 4 aliphatic rings. The van der Waals surface area contributed by atoms with Gasteiger partial charge >= 0.3 is 0 Å². The van der Waals surface area contributed by atoms with E-state index >= 15 is 0 Å². The second kappa shape index (κ2) is 7.16. The van der Waals surface area contributed by atoms with Crippen LogP contribution in [0.4, 0.5) is 0 Å². The van der Waals surface area contributed by atoms with Crippen LogP contribution in [-0.4, -0.2) is 71.9 Å². The van der Waals surface area contributed by atoms with Gasteiger partial charge in [-0.1, -0.05) is 12.1 Å². The van der Waals surface area contributed by atoms with Crippen molar-refractivity contribution in [1.82, 2.24) is 0 Å². The van der Waals surface area contributed by atoms with Gasteiger partial charge in [-0.15, -0.1) is 0 Å². The third kappa shape index (κ3) is 2.95. The lowest BCUT2D eigenvalue weighted by Crippen LogP contribution is -2.69. The van der Waals surface area contributed by atoms with Gasteiger partial charge < -0.3 is 30.3 Å². The number of carbonyl (C=O) groups excluding carboxylic acids is 3. The molecular weight excluding hydrogens is 444 g/mol. The molecular formula is C25H26O9. The summed E-state index contributed by atoms with van der Waals surface area (Å²) in [5, 5.41) is 53.9. The molecule has 9 heteroatoms. The summed E-state index contributed by atoms with van der Waals surface area (Å²) in [7, 11) is 0. The normalized spacial score (nSPS) is 39.6. The van der Waals surface area contributed by atoms with Gasteiger partial charge in [0.2, 0.25) is 0 Å². The molecule has 3 unspecified atom stereocenters. The molecule has 34 heavy (non-hydrogen) atoms. The van der Waals surface area contributed by atoms with E-state index in [1.165, 1.54) is 19.1 Å². The Hall–Kier alpha value is -2.69. The Morgan fingerprint density at radius 2 is 1.76 bits per heavy atom. The van der Waals surface area contributed by atoms with Gasteiger partial charge in [-0.25, -0.2) is 0 Å². The number of Topliss-reactive ketones (excluding diaryl/α,β-unsaturated/α-hetero) is 3. The zero-order valence-corrected chi connectivity index (χ0v) is 18.7. The number of hydrogen-bond donors (Lipinski definition) is 5.